The van der Waals surface area contributed by atoms with E-state index in [4.69, 9.17) is 16.7 Å². The van der Waals surface area contributed by atoms with Gasteiger partial charge in [0.15, 0.2) is 0 Å². The van der Waals surface area contributed by atoms with Crippen LogP contribution >= 0.6 is 11.6 Å². The summed E-state index contributed by atoms with van der Waals surface area (Å²) in [6.07, 6.45) is 0. The number of fused-ring (bicyclic) bond motifs is 1. The first-order valence-electron chi connectivity index (χ1n) is 9.47. The summed E-state index contributed by atoms with van der Waals surface area (Å²) in [5.41, 5.74) is -0.0734. The van der Waals surface area contributed by atoms with E-state index in [0.29, 0.717) is 0 Å². The fraction of sp³-hybridized carbons (Fsp3) is 0. The van der Waals surface area contributed by atoms with Crippen molar-refractivity contribution in [2.24, 2.45) is 5.14 Å². The van der Waals surface area contributed by atoms with Gasteiger partial charge in [-0.3, -0.25) is 14.4 Å². The van der Waals surface area contributed by atoms with Gasteiger partial charge in [-0.1, -0.05) is 11.6 Å². The van der Waals surface area contributed by atoms with E-state index in [1.807, 2.05) is 0 Å². The van der Waals surface area contributed by atoms with Gasteiger partial charge in [0.2, 0.25) is 10.0 Å². The summed E-state index contributed by atoms with van der Waals surface area (Å²) in [5.74, 6) is -3.36. The standard InChI is InChI=1S/C22H14ClN3O7S/c23-12-2-8-18(17(10-12)22(30)31)25-19(27)11-1-7-15-16(9-11)21(29)26(20(15)28)13-3-5-14(6-4-13)34(24,32)33/h1-10H,(H,25,27)(H,30,31)(H2,24,32,33). The quantitative estimate of drug-likeness (QED) is 0.454. The lowest BCUT2D eigenvalue weighted by Crippen LogP contribution is -2.29. The van der Waals surface area contributed by atoms with Gasteiger partial charge in [0.25, 0.3) is 17.7 Å². The average Bonchev–Trinajstić information content (AvgIpc) is 3.03. The maximum Gasteiger partial charge on any atom is 0.337 e. The zero-order valence-electron chi connectivity index (χ0n) is 17.0. The molecule has 172 valence electrons. The van der Waals surface area contributed by atoms with E-state index in [-0.39, 0.29) is 43.5 Å². The molecule has 1 heterocycles. The number of hydrogen-bond acceptors (Lipinski definition) is 6. The highest BCUT2D eigenvalue weighted by Crippen LogP contribution is 2.30. The molecule has 3 aromatic carbocycles. The summed E-state index contributed by atoms with van der Waals surface area (Å²) >= 11 is 5.82. The van der Waals surface area contributed by atoms with Crippen LogP contribution in [0.15, 0.2) is 65.6 Å². The van der Waals surface area contributed by atoms with E-state index in [2.05, 4.69) is 5.32 Å². The van der Waals surface area contributed by atoms with Gasteiger partial charge < -0.3 is 10.4 Å². The van der Waals surface area contributed by atoms with E-state index in [0.717, 1.165) is 4.90 Å². The smallest absolute Gasteiger partial charge is 0.337 e. The third kappa shape index (κ3) is 4.15. The molecule has 0 bridgehead atoms. The van der Waals surface area contributed by atoms with Gasteiger partial charge in [-0.25, -0.2) is 23.3 Å². The number of aromatic carboxylic acids is 1. The molecule has 0 saturated carbocycles. The summed E-state index contributed by atoms with van der Waals surface area (Å²) in [6.45, 7) is 0. The number of primary sulfonamides is 1. The first kappa shape index (κ1) is 23.1. The number of carboxylic acids is 1. The van der Waals surface area contributed by atoms with Crippen LogP contribution in [-0.2, 0) is 10.0 Å². The van der Waals surface area contributed by atoms with Crippen LogP contribution in [0.2, 0.25) is 5.02 Å². The lowest BCUT2D eigenvalue weighted by atomic mass is 10.0. The zero-order valence-corrected chi connectivity index (χ0v) is 18.6. The van der Waals surface area contributed by atoms with E-state index in [1.165, 1.54) is 60.7 Å². The Bertz CT molecular complexity index is 1500. The van der Waals surface area contributed by atoms with Gasteiger partial charge in [0.1, 0.15) is 0 Å². The summed E-state index contributed by atoms with van der Waals surface area (Å²) in [7, 11) is -3.95. The molecule has 1 aliphatic heterocycles. The number of anilines is 2. The molecule has 4 rings (SSSR count). The topological polar surface area (TPSA) is 164 Å². The summed E-state index contributed by atoms with van der Waals surface area (Å²) in [4.78, 5) is 50.6. The highest BCUT2D eigenvalue weighted by atomic mass is 35.5. The number of rotatable bonds is 5. The number of nitrogens with one attached hydrogen (secondary N) is 1. The van der Waals surface area contributed by atoms with Crippen molar-refractivity contribution in [3.8, 4) is 0 Å². The second-order valence-corrected chi connectivity index (χ2v) is 9.19. The summed E-state index contributed by atoms with van der Waals surface area (Å²) in [6, 6.07) is 12.6. The van der Waals surface area contributed by atoms with Crippen molar-refractivity contribution in [2.75, 3.05) is 10.2 Å². The highest BCUT2D eigenvalue weighted by Gasteiger charge is 2.37. The number of nitrogens with zero attached hydrogens (tertiary/aromatic N) is 1. The molecule has 0 fully saturated rings. The normalized spacial score (nSPS) is 13.1. The van der Waals surface area contributed by atoms with Crippen LogP contribution in [0, 0.1) is 0 Å². The Morgan fingerprint density at radius 2 is 1.56 bits per heavy atom. The van der Waals surface area contributed by atoms with Crippen LogP contribution in [0.3, 0.4) is 0 Å². The number of amides is 3. The number of hydrogen-bond donors (Lipinski definition) is 3. The minimum absolute atomic E-state index is 0.00127. The molecule has 3 amide bonds. The van der Waals surface area contributed by atoms with Crippen LogP contribution < -0.4 is 15.4 Å². The first-order chi connectivity index (χ1) is 16.0. The molecule has 34 heavy (non-hydrogen) atoms. The lowest BCUT2D eigenvalue weighted by molar-refractivity contribution is 0.0697. The summed E-state index contributed by atoms with van der Waals surface area (Å²) in [5, 5.41) is 17.0. The van der Waals surface area contributed by atoms with Gasteiger partial charge in [-0.2, -0.15) is 0 Å². The molecule has 12 heteroatoms. The largest absolute Gasteiger partial charge is 0.478 e. The number of sulfonamides is 1. The van der Waals surface area contributed by atoms with E-state index in [1.54, 1.807) is 0 Å². The fourth-order valence-corrected chi connectivity index (χ4v) is 4.09. The monoisotopic (exact) mass is 499 g/mol. The predicted molar refractivity (Wildman–Crippen MR) is 122 cm³/mol. The Morgan fingerprint density at radius 1 is 0.912 bits per heavy atom. The Kier molecular flexibility index (Phi) is 5.69. The van der Waals surface area contributed by atoms with Gasteiger partial charge in [-0.15, -0.1) is 0 Å². The number of carbonyl (C=O) groups excluding carboxylic acids is 3. The van der Waals surface area contributed by atoms with Gasteiger partial charge in [0.05, 0.1) is 33.0 Å². The second-order valence-electron chi connectivity index (χ2n) is 7.19. The molecule has 1 aliphatic rings. The molecule has 0 atom stereocenters. The van der Waals surface area contributed by atoms with Crippen molar-refractivity contribution < 1.29 is 32.7 Å². The molecule has 0 aromatic heterocycles. The fourth-order valence-electron chi connectivity index (χ4n) is 3.40. The van der Waals surface area contributed by atoms with Crippen molar-refractivity contribution in [1.82, 2.24) is 0 Å². The van der Waals surface area contributed by atoms with Gasteiger partial charge in [0, 0.05) is 10.6 Å². The zero-order chi connectivity index (χ0) is 24.8. The molecular weight excluding hydrogens is 486 g/mol. The maximum absolute atomic E-state index is 12.9. The minimum atomic E-state index is -3.95. The number of nitrogens with two attached hydrogens (primary N) is 1. The lowest BCUT2D eigenvalue weighted by Gasteiger charge is -2.14. The van der Waals surface area contributed by atoms with Crippen LogP contribution in [0.25, 0.3) is 0 Å². The van der Waals surface area contributed by atoms with E-state index >= 15 is 0 Å². The molecule has 4 N–H and O–H groups in total. The van der Waals surface area contributed by atoms with Crippen LogP contribution in [0.1, 0.15) is 41.4 Å². The molecule has 0 radical (unpaired) electrons. The molecular formula is C22H14ClN3O7S. The van der Waals surface area contributed by atoms with Crippen molar-refractivity contribution in [1.29, 1.82) is 0 Å². The third-order valence-corrected chi connectivity index (χ3v) is 6.20. The number of benzene rings is 3. The van der Waals surface area contributed by atoms with Crippen LogP contribution in [-0.4, -0.2) is 37.2 Å². The Labute approximate surface area is 197 Å². The number of carboxylic acid groups (broad SMARTS) is 1. The first-order valence-corrected chi connectivity index (χ1v) is 11.4. The molecule has 10 nitrogen and oxygen atoms in total. The van der Waals surface area contributed by atoms with Crippen LogP contribution in [0.4, 0.5) is 11.4 Å². The Hall–Kier alpha value is -4.06. The predicted octanol–water partition coefficient (Wildman–Crippen LogP) is 2.74. The molecule has 0 saturated heterocycles. The van der Waals surface area contributed by atoms with Crippen molar-refractivity contribution in [3.05, 3.63) is 87.9 Å². The minimum Gasteiger partial charge on any atom is -0.478 e. The molecule has 0 aliphatic carbocycles. The van der Waals surface area contributed by atoms with Crippen molar-refractivity contribution in [2.45, 2.75) is 4.90 Å². The van der Waals surface area contributed by atoms with Gasteiger partial charge in [-0.05, 0) is 60.7 Å². The van der Waals surface area contributed by atoms with E-state index in [9.17, 15) is 32.7 Å². The van der Waals surface area contributed by atoms with Crippen molar-refractivity contribution in [3.63, 3.8) is 0 Å². The maximum atomic E-state index is 12.9. The molecule has 0 unspecified atom stereocenters. The third-order valence-electron chi connectivity index (χ3n) is 5.03. The number of carbonyl (C=O) groups is 4. The second kappa shape index (κ2) is 8.37. The van der Waals surface area contributed by atoms with Crippen LogP contribution in [0.5, 0.6) is 0 Å². The summed E-state index contributed by atoms with van der Waals surface area (Å²) < 4.78 is 22.9. The SMILES string of the molecule is NS(=O)(=O)c1ccc(N2C(=O)c3ccc(C(=O)Nc4ccc(Cl)cc4C(=O)O)cc3C2=O)cc1. The highest BCUT2D eigenvalue weighted by molar-refractivity contribution is 7.89. The van der Waals surface area contributed by atoms with E-state index < -0.39 is 33.7 Å². The molecule has 0 spiro atoms. The Balaban J connectivity index is 1.63. The Morgan fingerprint density at radius 3 is 2.18 bits per heavy atom. The number of halogens is 1. The average molecular weight is 500 g/mol. The number of imide groups is 1. The van der Waals surface area contributed by atoms with Crippen molar-refractivity contribution >= 4 is 56.7 Å². The van der Waals surface area contributed by atoms with Gasteiger partial charge >= 0.3 is 5.97 Å². The molecule has 3 aromatic rings.